The van der Waals surface area contributed by atoms with E-state index in [-0.39, 0.29) is 23.8 Å². The highest BCUT2D eigenvalue weighted by atomic mass is 16.5. The van der Waals surface area contributed by atoms with E-state index >= 15 is 0 Å². The van der Waals surface area contributed by atoms with Crippen LogP contribution in [-0.2, 0) is 9.59 Å². The Morgan fingerprint density at radius 1 is 1.33 bits per heavy atom. The number of aryl methyl sites for hydroxylation is 1. The average molecular weight is 337 g/mol. The predicted octanol–water partition coefficient (Wildman–Crippen LogP) is 0.439. The van der Waals surface area contributed by atoms with E-state index in [1.54, 1.807) is 17.9 Å². The van der Waals surface area contributed by atoms with Gasteiger partial charge in [-0.1, -0.05) is 25.9 Å². The largest absolute Gasteiger partial charge is 0.360 e. The van der Waals surface area contributed by atoms with Crippen molar-refractivity contribution in [3.8, 4) is 0 Å². The first-order chi connectivity index (χ1) is 11.2. The lowest BCUT2D eigenvalue weighted by atomic mass is 9.86. The fourth-order valence-corrected chi connectivity index (χ4v) is 2.50. The Labute approximate surface area is 142 Å². The summed E-state index contributed by atoms with van der Waals surface area (Å²) in [5.74, 6) is 0.897. The summed E-state index contributed by atoms with van der Waals surface area (Å²) in [6.07, 6.45) is 0. The van der Waals surface area contributed by atoms with Crippen LogP contribution in [0.3, 0.4) is 0 Å². The number of rotatable bonds is 4. The van der Waals surface area contributed by atoms with Crippen molar-refractivity contribution in [2.75, 3.05) is 38.0 Å². The van der Waals surface area contributed by atoms with Gasteiger partial charge in [0.05, 0.1) is 12.6 Å². The lowest BCUT2D eigenvalue weighted by Crippen LogP contribution is -2.56. The SMILES string of the molecule is Cc1cc(NC(=O)CN2CCN(C(=O)[C@@H](N)C(C)(C)C)CC2)no1. The van der Waals surface area contributed by atoms with Crippen LogP contribution in [0.15, 0.2) is 10.6 Å². The number of nitrogens with one attached hydrogen (secondary N) is 1. The number of aromatic nitrogens is 1. The van der Waals surface area contributed by atoms with Crippen LogP contribution in [0.4, 0.5) is 5.82 Å². The van der Waals surface area contributed by atoms with Crippen molar-refractivity contribution in [1.82, 2.24) is 15.0 Å². The Morgan fingerprint density at radius 3 is 2.46 bits per heavy atom. The van der Waals surface area contributed by atoms with Crippen LogP contribution in [0.25, 0.3) is 0 Å². The minimum absolute atomic E-state index is 0.0235. The van der Waals surface area contributed by atoms with Gasteiger partial charge in [-0.2, -0.15) is 0 Å². The molecule has 1 aromatic rings. The molecule has 3 N–H and O–H groups in total. The zero-order chi connectivity index (χ0) is 17.9. The quantitative estimate of drug-likeness (QED) is 0.826. The van der Waals surface area contributed by atoms with Crippen molar-refractivity contribution in [2.24, 2.45) is 11.1 Å². The molecule has 1 atom stereocenters. The molecule has 2 heterocycles. The number of carbonyl (C=O) groups excluding carboxylic acids is 2. The van der Waals surface area contributed by atoms with Gasteiger partial charge in [-0.3, -0.25) is 14.5 Å². The molecule has 0 spiro atoms. The zero-order valence-electron chi connectivity index (χ0n) is 14.8. The Kier molecular flexibility index (Phi) is 5.61. The molecule has 2 amide bonds. The molecule has 1 saturated heterocycles. The molecule has 134 valence electrons. The van der Waals surface area contributed by atoms with Gasteiger partial charge < -0.3 is 20.5 Å². The maximum Gasteiger partial charge on any atom is 0.240 e. The normalized spacial score (nSPS) is 17.6. The average Bonchev–Trinajstić information content (AvgIpc) is 2.90. The predicted molar refractivity (Wildman–Crippen MR) is 90.3 cm³/mol. The Bertz CT molecular complexity index is 585. The van der Waals surface area contributed by atoms with Crippen LogP contribution >= 0.6 is 0 Å². The highest BCUT2D eigenvalue weighted by Gasteiger charge is 2.32. The molecule has 0 saturated carbocycles. The van der Waals surface area contributed by atoms with Crippen molar-refractivity contribution >= 4 is 17.6 Å². The molecule has 0 bridgehead atoms. The third-order valence-electron chi connectivity index (χ3n) is 4.15. The molecular weight excluding hydrogens is 310 g/mol. The minimum atomic E-state index is -0.511. The molecule has 1 fully saturated rings. The number of nitrogens with zero attached hydrogens (tertiary/aromatic N) is 3. The van der Waals surface area contributed by atoms with Crippen LogP contribution < -0.4 is 11.1 Å². The van der Waals surface area contributed by atoms with Gasteiger partial charge in [-0.25, -0.2) is 0 Å². The molecule has 1 aliphatic rings. The molecule has 2 rings (SSSR count). The number of carbonyl (C=O) groups is 2. The van der Waals surface area contributed by atoms with Crippen LogP contribution in [0, 0.1) is 12.3 Å². The van der Waals surface area contributed by atoms with Crippen molar-refractivity contribution in [2.45, 2.75) is 33.7 Å². The van der Waals surface area contributed by atoms with E-state index in [1.165, 1.54) is 0 Å². The summed E-state index contributed by atoms with van der Waals surface area (Å²) in [6, 6.07) is 1.16. The van der Waals surface area contributed by atoms with Gasteiger partial charge in [0.25, 0.3) is 0 Å². The fourth-order valence-electron chi connectivity index (χ4n) is 2.50. The van der Waals surface area contributed by atoms with Crippen molar-refractivity contribution in [3.63, 3.8) is 0 Å². The van der Waals surface area contributed by atoms with Crippen LogP contribution in [0.1, 0.15) is 26.5 Å². The first-order valence-corrected chi connectivity index (χ1v) is 8.16. The van der Waals surface area contributed by atoms with E-state index in [2.05, 4.69) is 10.5 Å². The first kappa shape index (κ1) is 18.4. The molecule has 0 radical (unpaired) electrons. The number of hydrogen-bond donors (Lipinski definition) is 2. The van der Waals surface area contributed by atoms with E-state index in [1.807, 2.05) is 25.7 Å². The van der Waals surface area contributed by atoms with Crippen LogP contribution in [-0.4, -0.2) is 65.5 Å². The summed E-state index contributed by atoms with van der Waals surface area (Å²) >= 11 is 0. The second-order valence-corrected chi connectivity index (χ2v) is 7.32. The van der Waals surface area contributed by atoms with Crippen molar-refractivity contribution < 1.29 is 14.1 Å². The van der Waals surface area contributed by atoms with Gasteiger partial charge in [0.15, 0.2) is 5.82 Å². The highest BCUT2D eigenvalue weighted by molar-refractivity contribution is 5.91. The number of amides is 2. The Morgan fingerprint density at radius 2 is 1.96 bits per heavy atom. The molecule has 0 unspecified atom stereocenters. The van der Waals surface area contributed by atoms with Gasteiger partial charge in [0.2, 0.25) is 11.8 Å². The summed E-state index contributed by atoms with van der Waals surface area (Å²) in [5, 5.41) is 6.43. The standard InChI is InChI=1S/C16H27N5O3/c1-11-9-12(19-24-11)18-13(22)10-20-5-7-21(8-6-20)15(23)14(17)16(2,3)4/h9,14H,5-8,10,17H2,1-4H3,(H,18,19,22)/t14-/m1/s1. The minimum Gasteiger partial charge on any atom is -0.360 e. The maximum atomic E-state index is 12.4. The van der Waals surface area contributed by atoms with Gasteiger partial charge in [0, 0.05) is 32.2 Å². The lowest BCUT2D eigenvalue weighted by molar-refractivity contribution is -0.136. The molecular formula is C16H27N5O3. The molecule has 24 heavy (non-hydrogen) atoms. The van der Waals surface area contributed by atoms with Gasteiger partial charge in [0.1, 0.15) is 5.76 Å². The molecule has 8 nitrogen and oxygen atoms in total. The van der Waals surface area contributed by atoms with E-state index in [4.69, 9.17) is 10.3 Å². The number of hydrogen-bond acceptors (Lipinski definition) is 6. The highest BCUT2D eigenvalue weighted by Crippen LogP contribution is 2.19. The Balaban J connectivity index is 1.78. The van der Waals surface area contributed by atoms with E-state index in [0.29, 0.717) is 37.8 Å². The van der Waals surface area contributed by atoms with Crippen LogP contribution in [0.5, 0.6) is 0 Å². The Hall–Kier alpha value is -1.93. The third-order valence-corrected chi connectivity index (χ3v) is 4.15. The van der Waals surface area contributed by atoms with E-state index in [9.17, 15) is 9.59 Å². The second kappa shape index (κ2) is 7.31. The van der Waals surface area contributed by atoms with Crippen molar-refractivity contribution in [3.05, 3.63) is 11.8 Å². The molecule has 8 heteroatoms. The van der Waals surface area contributed by atoms with Crippen molar-refractivity contribution in [1.29, 1.82) is 0 Å². The van der Waals surface area contributed by atoms with E-state index < -0.39 is 6.04 Å². The summed E-state index contributed by atoms with van der Waals surface area (Å²) in [7, 11) is 0. The zero-order valence-corrected chi connectivity index (χ0v) is 14.8. The summed E-state index contributed by atoms with van der Waals surface area (Å²) in [5.41, 5.74) is 5.78. The number of anilines is 1. The summed E-state index contributed by atoms with van der Waals surface area (Å²) < 4.78 is 4.91. The molecule has 0 aromatic carbocycles. The van der Waals surface area contributed by atoms with E-state index in [0.717, 1.165) is 0 Å². The smallest absolute Gasteiger partial charge is 0.240 e. The van der Waals surface area contributed by atoms with Gasteiger partial charge in [-0.15, -0.1) is 0 Å². The maximum absolute atomic E-state index is 12.4. The molecule has 0 aliphatic carbocycles. The molecule has 1 aromatic heterocycles. The summed E-state index contributed by atoms with van der Waals surface area (Å²) in [4.78, 5) is 28.2. The van der Waals surface area contributed by atoms with Gasteiger partial charge >= 0.3 is 0 Å². The molecule has 1 aliphatic heterocycles. The number of piperazine rings is 1. The topological polar surface area (TPSA) is 105 Å². The monoisotopic (exact) mass is 337 g/mol. The fraction of sp³-hybridized carbons (Fsp3) is 0.688. The number of nitrogens with two attached hydrogens (primary N) is 1. The third kappa shape index (κ3) is 4.78. The lowest BCUT2D eigenvalue weighted by Gasteiger charge is -2.37. The second-order valence-electron chi connectivity index (χ2n) is 7.32. The first-order valence-electron chi connectivity index (χ1n) is 8.16. The van der Waals surface area contributed by atoms with Gasteiger partial charge in [-0.05, 0) is 12.3 Å². The summed E-state index contributed by atoms with van der Waals surface area (Å²) in [6.45, 7) is 10.4. The van der Waals surface area contributed by atoms with Crippen LogP contribution in [0.2, 0.25) is 0 Å².